The number of hydrogen-bond acceptors (Lipinski definition) is 3. The lowest BCUT2D eigenvalue weighted by Gasteiger charge is -2.06. The van der Waals surface area contributed by atoms with Crippen molar-refractivity contribution in [2.45, 2.75) is 12.8 Å². The molecule has 0 aliphatic heterocycles. The minimum absolute atomic E-state index is 0.110. The SMILES string of the molecule is Oc1cc(O)cc(CCNCCc2ccccc2)c1. The molecule has 3 heteroatoms. The maximum Gasteiger partial charge on any atom is 0.119 e. The van der Waals surface area contributed by atoms with Gasteiger partial charge in [-0.1, -0.05) is 30.3 Å². The van der Waals surface area contributed by atoms with Gasteiger partial charge in [-0.25, -0.2) is 0 Å². The molecule has 0 unspecified atom stereocenters. The molecule has 3 N–H and O–H groups in total. The van der Waals surface area contributed by atoms with Gasteiger partial charge in [0.1, 0.15) is 11.5 Å². The molecule has 0 bridgehead atoms. The molecular weight excluding hydrogens is 238 g/mol. The van der Waals surface area contributed by atoms with Crippen LogP contribution in [0.4, 0.5) is 0 Å². The van der Waals surface area contributed by atoms with Crippen LogP contribution < -0.4 is 5.32 Å². The molecule has 19 heavy (non-hydrogen) atoms. The average Bonchev–Trinajstić information content (AvgIpc) is 2.38. The van der Waals surface area contributed by atoms with E-state index in [-0.39, 0.29) is 11.5 Å². The van der Waals surface area contributed by atoms with Crippen LogP contribution in [0.2, 0.25) is 0 Å². The van der Waals surface area contributed by atoms with E-state index in [4.69, 9.17) is 0 Å². The van der Waals surface area contributed by atoms with Gasteiger partial charge < -0.3 is 15.5 Å². The van der Waals surface area contributed by atoms with Crippen LogP contribution in [0.15, 0.2) is 48.5 Å². The molecule has 0 aliphatic carbocycles. The van der Waals surface area contributed by atoms with Gasteiger partial charge in [0.05, 0.1) is 0 Å². The summed E-state index contributed by atoms with van der Waals surface area (Å²) < 4.78 is 0. The predicted octanol–water partition coefficient (Wildman–Crippen LogP) is 2.47. The Labute approximate surface area is 113 Å². The molecule has 0 heterocycles. The molecule has 2 rings (SSSR count). The summed E-state index contributed by atoms with van der Waals surface area (Å²) in [5, 5.41) is 22.1. The van der Waals surface area contributed by atoms with Crippen molar-refractivity contribution in [2.24, 2.45) is 0 Å². The number of hydrogen-bond donors (Lipinski definition) is 3. The summed E-state index contributed by atoms with van der Waals surface area (Å²) in [6, 6.07) is 15.1. The number of phenols is 2. The molecule has 100 valence electrons. The fraction of sp³-hybridized carbons (Fsp3) is 0.250. The Balaban J connectivity index is 1.69. The Morgan fingerprint density at radius 2 is 1.32 bits per heavy atom. The summed E-state index contributed by atoms with van der Waals surface area (Å²) in [6.45, 7) is 1.75. The standard InChI is InChI=1S/C16H19NO2/c18-15-10-14(11-16(19)12-15)7-9-17-8-6-13-4-2-1-3-5-13/h1-5,10-12,17-19H,6-9H2. The van der Waals surface area contributed by atoms with Crippen LogP contribution in [0.5, 0.6) is 11.5 Å². The number of benzene rings is 2. The zero-order valence-corrected chi connectivity index (χ0v) is 10.8. The van der Waals surface area contributed by atoms with Gasteiger partial charge in [0, 0.05) is 6.07 Å². The highest BCUT2D eigenvalue weighted by Gasteiger charge is 1.99. The van der Waals surface area contributed by atoms with Crippen molar-refractivity contribution in [2.75, 3.05) is 13.1 Å². The summed E-state index contributed by atoms with van der Waals surface area (Å²) in [5.41, 5.74) is 2.26. The van der Waals surface area contributed by atoms with Crippen molar-refractivity contribution < 1.29 is 10.2 Å². The fourth-order valence-corrected chi connectivity index (χ4v) is 2.04. The second-order valence-corrected chi connectivity index (χ2v) is 4.59. The van der Waals surface area contributed by atoms with E-state index in [9.17, 15) is 10.2 Å². The zero-order chi connectivity index (χ0) is 13.5. The average molecular weight is 257 g/mol. The highest BCUT2D eigenvalue weighted by atomic mass is 16.3. The monoisotopic (exact) mass is 257 g/mol. The van der Waals surface area contributed by atoms with Crippen molar-refractivity contribution >= 4 is 0 Å². The second kappa shape index (κ2) is 6.81. The smallest absolute Gasteiger partial charge is 0.119 e. The first-order valence-corrected chi connectivity index (χ1v) is 6.50. The predicted molar refractivity (Wildman–Crippen MR) is 76.5 cm³/mol. The molecule has 3 nitrogen and oxygen atoms in total. The van der Waals surface area contributed by atoms with Gasteiger partial charge in [0.2, 0.25) is 0 Å². The van der Waals surface area contributed by atoms with E-state index in [2.05, 4.69) is 17.4 Å². The Bertz CT molecular complexity index is 491. The number of rotatable bonds is 6. The molecule has 0 spiro atoms. The van der Waals surface area contributed by atoms with Crippen LogP contribution >= 0.6 is 0 Å². The van der Waals surface area contributed by atoms with E-state index >= 15 is 0 Å². The molecule has 0 amide bonds. The molecule has 0 radical (unpaired) electrons. The highest BCUT2D eigenvalue weighted by molar-refractivity contribution is 5.36. The van der Waals surface area contributed by atoms with Gasteiger partial charge in [0.15, 0.2) is 0 Å². The largest absolute Gasteiger partial charge is 0.508 e. The Kier molecular flexibility index (Phi) is 4.81. The van der Waals surface area contributed by atoms with E-state index in [1.807, 2.05) is 18.2 Å². The molecule has 2 aromatic rings. The fourth-order valence-electron chi connectivity index (χ4n) is 2.04. The Hall–Kier alpha value is -2.00. The van der Waals surface area contributed by atoms with Crippen molar-refractivity contribution in [1.82, 2.24) is 5.32 Å². The van der Waals surface area contributed by atoms with Crippen molar-refractivity contribution in [1.29, 1.82) is 0 Å². The number of aromatic hydroxyl groups is 2. The zero-order valence-electron chi connectivity index (χ0n) is 10.8. The quantitative estimate of drug-likeness (QED) is 0.697. The first-order chi connectivity index (χ1) is 9.24. The third-order valence-electron chi connectivity index (χ3n) is 2.99. The Morgan fingerprint density at radius 3 is 1.95 bits per heavy atom. The molecule has 2 aromatic carbocycles. The maximum atomic E-state index is 9.36. The molecule has 0 saturated heterocycles. The van der Waals surface area contributed by atoms with Crippen LogP contribution in [0.3, 0.4) is 0 Å². The summed E-state index contributed by atoms with van der Waals surface area (Å²) in [6.07, 6.45) is 1.79. The third kappa shape index (κ3) is 4.64. The lowest BCUT2D eigenvalue weighted by atomic mass is 10.1. The Morgan fingerprint density at radius 1 is 0.737 bits per heavy atom. The van der Waals surface area contributed by atoms with Crippen molar-refractivity contribution in [3.63, 3.8) is 0 Å². The molecule has 0 aliphatic rings. The van der Waals surface area contributed by atoms with Gasteiger partial charge in [-0.2, -0.15) is 0 Å². The maximum absolute atomic E-state index is 9.36. The van der Waals surface area contributed by atoms with Crippen molar-refractivity contribution in [3.8, 4) is 11.5 Å². The molecule has 0 aromatic heterocycles. The lowest BCUT2D eigenvalue weighted by molar-refractivity contribution is 0.449. The summed E-state index contributed by atoms with van der Waals surface area (Å²) in [4.78, 5) is 0. The van der Waals surface area contributed by atoms with Crippen LogP contribution in [0.1, 0.15) is 11.1 Å². The first kappa shape index (κ1) is 13.4. The van der Waals surface area contributed by atoms with Crippen LogP contribution in [-0.4, -0.2) is 23.3 Å². The van der Waals surface area contributed by atoms with Crippen LogP contribution in [-0.2, 0) is 12.8 Å². The van der Waals surface area contributed by atoms with E-state index in [1.54, 1.807) is 12.1 Å². The second-order valence-electron chi connectivity index (χ2n) is 4.59. The van der Waals surface area contributed by atoms with Gasteiger partial charge in [-0.3, -0.25) is 0 Å². The topological polar surface area (TPSA) is 52.5 Å². The van der Waals surface area contributed by atoms with E-state index < -0.39 is 0 Å². The summed E-state index contributed by atoms with van der Waals surface area (Å²) in [7, 11) is 0. The van der Waals surface area contributed by atoms with E-state index in [0.717, 1.165) is 31.5 Å². The lowest BCUT2D eigenvalue weighted by Crippen LogP contribution is -2.20. The molecule has 0 saturated carbocycles. The van der Waals surface area contributed by atoms with Crippen LogP contribution in [0.25, 0.3) is 0 Å². The van der Waals surface area contributed by atoms with Gasteiger partial charge >= 0.3 is 0 Å². The minimum Gasteiger partial charge on any atom is -0.508 e. The minimum atomic E-state index is 0.110. The van der Waals surface area contributed by atoms with Gasteiger partial charge in [-0.05, 0) is 49.2 Å². The van der Waals surface area contributed by atoms with Gasteiger partial charge in [0.25, 0.3) is 0 Å². The normalized spacial score (nSPS) is 10.5. The first-order valence-electron chi connectivity index (χ1n) is 6.50. The summed E-state index contributed by atoms with van der Waals surface area (Å²) >= 11 is 0. The molecule has 0 atom stereocenters. The van der Waals surface area contributed by atoms with Crippen molar-refractivity contribution in [3.05, 3.63) is 59.7 Å². The molecular formula is C16H19NO2. The summed E-state index contributed by atoms with van der Waals surface area (Å²) in [5.74, 6) is 0.221. The molecule has 0 fully saturated rings. The van der Waals surface area contributed by atoms with Gasteiger partial charge in [-0.15, -0.1) is 0 Å². The van der Waals surface area contributed by atoms with E-state index in [1.165, 1.54) is 11.6 Å². The highest BCUT2D eigenvalue weighted by Crippen LogP contribution is 2.20. The van der Waals surface area contributed by atoms with Crippen LogP contribution in [0, 0.1) is 0 Å². The number of nitrogens with one attached hydrogen (secondary N) is 1. The van der Waals surface area contributed by atoms with E-state index in [0.29, 0.717) is 0 Å². The number of phenolic OH excluding ortho intramolecular Hbond substituents is 2. The third-order valence-corrected chi connectivity index (χ3v) is 2.99.